The summed E-state index contributed by atoms with van der Waals surface area (Å²) in [6.45, 7) is 4.07. The molecule has 2 nitrogen and oxygen atoms in total. The summed E-state index contributed by atoms with van der Waals surface area (Å²) in [7, 11) is 0. The Balaban J connectivity index is 3.02. The summed E-state index contributed by atoms with van der Waals surface area (Å²) in [5.74, 6) is -0.577. The largest absolute Gasteiger partial charge is 0.505 e. The molecular weight excluding hydrogens is 261 g/mol. The fourth-order valence-electron chi connectivity index (χ4n) is 1.50. The third kappa shape index (κ3) is 3.18. The molecule has 0 fully saturated rings. The van der Waals surface area contributed by atoms with Gasteiger partial charge in [-0.25, -0.2) is 4.39 Å². The van der Waals surface area contributed by atoms with Crippen LogP contribution in [0.4, 0.5) is 4.39 Å². The van der Waals surface area contributed by atoms with Crippen molar-refractivity contribution >= 4 is 15.9 Å². The SMILES string of the molecule is CC(C)C[C@H](N)c1cc(Br)cc(F)c1O. The van der Waals surface area contributed by atoms with Gasteiger partial charge >= 0.3 is 0 Å². The lowest BCUT2D eigenvalue weighted by molar-refractivity contribution is 0.411. The van der Waals surface area contributed by atoms with E-state index in [1.165, 1.54) is 6.07 Å². The Kier molecular flexibility index (Phi) is 4.11. The maximum atomic E-state index is 13.2. The smallest absolute Gasteiger partial charge is 0.166 e. The van der Waals surface area contributed by atoms with Gasteiger partial charge in [0.05, 0.1) is 0 Å². The van der Waals surface area contributed by atoms with Crippen molar-refractivity contribution in [1.29, 1.82) is 0 Å². The van der Waals surface area contributed by atoms with Gasteiger partial charge in [0.2, 0.25) is 0 Å². The van der Waals surface area contributed by atoms with Crippen LogP contribution in [0.5, 0.6) is 5.75 Å². The van der Waals surface area contributed by atoms with Crippen LogP contribution in [0, 0.1) is 11.7 Å². The van der Waals surface area contributed by atoms with Crippen molar-refractivity contribution in [3.05, 3.63) is 28.0 Å². The van der Waals surface area contributed by atoms with Crippen molar-refractivity contribution in [2.24, 2.45) is 11.7 Å². The summed E-state index contributed by atoms with van der Waals surface area (Å²) in [6, 6.07) is 2.55. The molecule has 0 aliphatic carbocycles. The van der Waals surface area contributed by atoms with E-state index in [1.807, 2.05) is 13.8 Å². The zero-order valence-corrected chi connectivity index (χ0v) is 10.4. The van der Waals surface area contributed by atoms with Crippen molar-refractivity contribution in [2.75, 3.05) is 0 Å². The first-order chi connectivity index (χ1) is 6.91. The van der Waals surface area contributed by atoms with E-state index in [0.717, 1.165) is 0 Å². The zero-order valence-electron chi connectivity index (χ0n) is 8.80. The second-order valence-corrected chi connectivity index (χ2v) is 4.98. The molecule has 1 rings (SSSR count). The maximum Gasteiger partial charge on any atom is 0.166 e. The number of hydrogen-bond acceptors (Lipinski definition) is 2. The van der Waals surface area contributed by atoms with E-state index in [-0.39, 0.29) is 11.8 Å². The molecule has 0 aromatic heterocycles. The van der Waals surface area contributed by atoms with Gasteiger partial charge in [-0.2, -0.15) is 0 Å². The first-order valence-electron chi connectivity index (χ1n) is 4.85. The lowest BCUT2D eigenvalue weighted by atomic mass is 9.97. The molecule has 1 aromatic carbocycles. The van der Waals surface area contributed by atoms with Gasteiger partial charge in [0.25, 0.3) is 0 Å². The van der Waals surface area contributed by atoms with E-state index >= 15 is 0 Å². The third-order valence-electron chi connectivity index (χ3n) is 2.18. The molecule has 0 heterocycles. The van der Waals surface area contributed by atoms with Crippen LogP contribution in [0.3, 0.4) is 0 Å². The predicted molar refractivity (Wildman–Crippen MR) is 62.1 cm³/mol. The van der Waals surface area contributed by atoms with Crippen LogP contribution < -0.4 is 5.73 Å². The number of phenolic OH excluding ortho intramolecular Hbond substituents is 1. The number of nitrogens with two attached hydrogens (primary N) is 1. The number of rotatable bonds is 3. The number of aromatic hydroxyl groups is 1. The Morgan fingerprint density at radius 2 is 2.07 bits per heavy atom. The highest BCUT2D eigenvalue weighted by molar-refractivity contribution is 9.10. The normalized spacial score (nSPS) is 13.2. The fourth-order valence-corrected chi connectivity index (χ4v) is 1.95. The molecule has 84 valence electrons. The quantitative estimate of drug-likeness (QED) is 0.889. The van der Waals surface area contributed by atoms with Crippen LogP contribution in [0.25, 0.3) is 0 Å². The first kappa shape index (κ1) is 12.5. The maximum absolute atomic E-state index is 13.2. The highest BCUT2D eigenvalue weighted by Gasteiger charge is 2.16. The van der Waals surface area contributed by atoms with Gasteiger partial charge in [0.1, 0.15) is 0 Å². The molecule has 0 aliphatic heterocycles. The van der Waals surface area contributed by atoms with Gasteiger partial charge in [-0.05, 0) is 24.5 Å². The number of phenols is 1. The second kappa shape index (κ2) is 4.94. The molecule has 0 aliphatic rings. The highest BCUT2D eigenvalue weighted by Crippen LogP contribution is 2.32. The topological polar surface area (TPSA) is 46.2 Å². The Hall–Kier alpha value is -0.610. The Morgan fingerprint density at radius 1 is 1.47 bits per heavy atom. The zero-order chi connectivity index (χ0) is 11.6. The van der Waals surface area contributed by atoms with Gasteiger partial charge < -0.3 is 10.8 Å². The van der Waals surface area contributed by atoms with Crippen LogP contribution in [0.15, 0.2) is 16.6 Å². The van der Waals surface area contributed by atoms with E-state index < -0.39 is 5.82 Å². The highest BCUT2D eigenvalue weighted by atomic mass is 79.9. The van der Waals surface area contributed by atoms with Crippen LogP contribution in [0.2, 0.25) is 0 Å². The lowest BCUT2D eigenvalue weighted by Crippen LogP contribution is -2.13. The molecule has 15 heavy (non-hydrogen) atoms. The third-order valence-corrected chi connectivity index (χ3v) is 2.64. The summed E-state index contributed by atoms with van der Waals surface area (Å²) >= 11 is 3.17. The molecule has 0 radical (unpaired) electrons. The van der Waals surface area contributed by atoms with Crippen molar-refractivity contribution in [3.63, 3.8) is 0 Å². The standard InChI is InChI=1S/C11H15BrFNO/c1-6(2)3-10(14)8-4-7(12)5-9(13)11(8)15/h4-6,10,15H,3,14H2,1-2H3/t10-/m0/s1. The molecule has 0 saturated carbocycles. The predicted octanol–water partition coefficient (Wildman–Crippen LogP) is 3.34. The van der Waals surface area contributed by atoms with Gasteiger partial charge in [-0.3, -0.25) is 0 Å². The summed E-state index contributed by atoms with van der Waals surface area (Å²) < 4.78 is 13.8. The van der Waals surface area contributed by atoms with Crippen LogP contribution in [-0.4, -0.2) is 5.11 Å². The molecule has 0 saturated heterocycles. The average molecular weight is 276 g/mol. The average Bonchev–Trinajstić information content (AvgIpc) is 2.09. The molecule has 1 atom stereocenters. The van der Waals surface area contributed by atoms with Crippen LogP contribution >= 0.6 is 15.9 Å². The van der Waals surface area contributed by atoms with Crippen molar-refractivity contribution in [2.45, 2.75) is 26.3 Å². The first-order valence-corrected chi connectivity index (χ1v) is 5.64. The molecule has 0 unspecified atom stereocenters. The summed E-state index contributed by atoms with van der Waals surface area (Å²) in [6.07, 6.45) is 0.712. The van der Waals surface area contributed by atoms with E-state index in [9.17, 15) is 9.50 Å². The Labute approximate surface area is 97.4 Å². The summed E-state index contributed by atoms with van der Waals surface area (Å²) in [4.78, 5) is 0. The van der Waals surface area contributed by atoms with Gasteiger partial charge in [0.15, 0.2) is 11.6 Å². The minimum Gasteiger partial charge on any atom is -0.505 e. The van der Waals surface area contributed by atoms with E-state index in [2.05, 4.69) is 15.9 Å². The van der Waals surface area contributed by atoms with E-state index in [0.29, 0.717) is 22.4 Å². The molecule has 1 aromatic rings. The fraction of sp³-hybridized carbons (Fsp3) is 0.455. The van der Waals surface area contributed by atoms with Crippen molar-refractivity contribution < 1.29 is 9.50 Å². The van der Waals surface area contributed by atoms with Gasteiger partial charge in [0, 0.05) is 16.1 Å². The minimum absolute atomic E-state index is 0.336. The van der Waals surface area contributed by atoms with E-state index in [1.54, 1.807) is 6.07 Å². The number of halogens is 2. The van der Waals surface area contributed by atoms with Gasteiger partial charge in [-0.15, -0.1) is 0 Å². The van der Waals surface area contributed by atoms with Crippen molar-refractivity contribution in [3.8, 4) is 5.75 Å². The number of benzene rings is 1. The van der Waals surface area contributed by atoms with Gasteiger partial charge in [-0.1, -0.05) is 29.8 Å². The number of hydrogen-bond donors (Lipinski definition) is 2. The molecule has 0 spiro atoms. The second-order valence-electron chi connectivity index (χ2n) is 4.06. The molecular formula is C11H15BrFNO. The molecule has 0 bridgehead atoms. The van der Waals surface area contributed by atoms with Crippen LogP contribution in [-0.2, 0) is 0 Å². The van der Waals surface area contributed by atoms with Crippen molar-refractivity contribution in [1.82, 2.24) is 0 Å². The molecule has 0 amide bonds. The summed E-state index contributed by atoms with van der Waals surface area (Å²) in [5.41, 5.74) is 6.34. The molecule has 3 N–H and O–H groups in total. The van der Waals surface area contributed by atoms with E-state index in [4.69, 9.17) is 5.73 Å². The lowest BCUT2D eigenvalue weighted by Gasteiger charge is -2.16. The monoisotopic (exact) mass is 275 g/mol. The Bertz CT molecular complexity index is 355. The Morgan fingerprint density at radius 3 is 2.60 bits per heavy atom. The minimum atomic E-state index is -0.640. The van der Waals surface area contributed by atoms with Crippen LogP contribution in [0.1, 0.15) is 31.9 Å². The summed E-state index contributed by atoms with van der Waals surface area (Å²) in [5, 5.41) is 9.53. The molecule has 4 heteroatoms.